The van der Waals surface area contributed by atoms with Gasteiger partial charge in [0.25, 0.3) is 0 Å². The highest BCUT2D eigenvalue weighted by Gasteiger charge is 2.14. The molecule has 0 radical (unpaired) electrons. The maximum atomic E-state index is 12.0. The summed E-state index contributed by atoms with van der Waals surface area (Å²) in [6, 6.07) is 12.6. The standard InChI is InChI=1S/C24H26O7/c1-16-12-24(26)31-22-14-21(30-15-18-6-4-5-7-20(18)28-3)17(13-19(16)22)8-9-23(25)29-11-10-27-2/h4-7,12-14H,8-11,15H2,1-3H3. The third-order valence-electron chi connectivity index (χ3n) is 4.86. The summed E-state index contributed by atoms with van der Waals surface area (Å²) in [4.78, 5) is 23.9. The highest BCUT2D eigenvalue weighted by Crippen LogP contribution is 2.30. The summed E-state index contributed by atoms with van der Waals surface area (Å²) in [6.07, 6.45) is 0.609. The number of para-hydroxylation sites is 1. The molecule has 3 aromatic rings. The predicted octanol–water partition coefficient (Wildman–Crippen LogP) is 3.81. The van der Waals surface area contributed by atoms with Crippen molar-refractivity contribution in [3.63, 3.8) is 0 Å². The van der Waals surface area contributed by atoms with Gasteiger partial charge in [0.2, 0.25) is 0 Å². The SMILES string of the molecule is COCCOC(=O)CCc1cc2c(C)cc(=O)oc2cc1OCc1ccccc1OC. The Hall–Kier alpha value is -3.32. The van der Waals surface area contributed by atoms with Crippen LogP contribution in [0.1, 0.15) is 23.1 Å². The average molecular weight is 426 g/mol. The number of rotatable bonds is 10. The maximum absolute atomic E-state index is 12.0. The largest absolute Gasteiger partial charge is 0.496 e. The van der Waals surface area contributed by atoms with E-state index in [1.54, 1.807) is 20.3 Å². The van der Waals surface area contributed by atoms with E-state index in [1.807, 2.05) is 37.3 Å². The Morgan fingerprint density at radius 3 is 2.58 bits per heavy atom. The number of hydrogen-bond acceptors (Lipinski definition) is 7. The van der Waals surface area contributed by atoms with E-state index >= 15 is 0 Å². The molecule has 0 aliphatic carbocycles. The molecule has 0 fully saturated rings. The van der Waals surface area contributed by atoms with Gasteiger partial charge in [-0.25, -0.2) is 4.79 Å². The number of hydrogen-bond donors (Lipinski definition) is 0. The fourth-order valence-corrected chi connectivity index (χ4v) is 3.25. The summed E-state index contributed by atoms with van der Waals surface area (Å²) in [5.41, 5.74) is 2.51. The maximum Gasteiger partial charge on any atom is 0.336 e. The molecule has 1 aromatic heterocycles. The molecule has 0 aliphatic heterocycles. The number of methoxy groups -OCH3 is 2. The van der Waals surface area contributed by atoms with Gasteiger partial charge in [-0.3, -0.25) is 4.79 Å². The summed E-state index contributed by atoms with van der Waals surface area (Å²) >= 11 is 0. The molecule has 1 heterocycles. The van der Waals surface area contributed by atoms with Crippen LogP contribution in [0.25, 0.3) is 11.0 Å². The van der Waals surface area contributed by atoms with Gasteiger partial charge in [-0.05, 0) is 36.6 Å². The van der Waals surface area contributed by atoms with E-state index in [-0.39, 0.29) is 25.6 Å². The lowest BCUT2D eigenvalue weighted by molar-refractivity contribution is -0.144. The van der Waals surface area contributed by atoms with Crippen molar-refractivity contribution >= 4 is 16.9 Å². The van der Waals surface area contributed by atoms with Crippen LogP contribution in [-0.4, -0.2) is 33.4 Å². The van der Waals surface area contributed by atoms with Gasteiger partial charge < -0.3 is 23.4 Å². The molecule has 3 rings (SSSR count). The predicted molar refractivity (Wildman–Crippen MR) is 116 cm³/mol. The summed E-state index contributed by atoms with van der Waals surface area (Å²) in [5.74, 6) is 0.940. The molecule has 0 saturated carbocycles. The molecule has 0 bridgehead atoms. The van der Waals surface area contributed by atoms with E-state index in [9.17, 15) is 9.59 Å². The topological polar surface area (TPSA) is 84.2 Å². The zero-order valence-electron chi connectivity index (χ0n) is 17.9. The number of fused-ring (bicyclic) bond motifs is 1. The Kier molecular flexibility index (Phi) is 7.67. The molecule has 0 unspecified atom stereocenters. The van der Waals surface area contributed by atoms with Gasteiger partial charge in [-0.2, -0.15) is 0 Å². The number of carbonyl (C=O) groups excluding carboxylic acids is 1. The normalized spacial score (nSPS) is 10.8. The second-order valence-electron chi connectivity index (χ2n) is 7.02. The smallest absolute Gasteiger partial charge is 0.336 e. The van der Waals surface area contributed by atoms with E-state index in [0.29, 0.717) is 30.1 Å². The number of esters is 1. The third-order valence-corrected chi connectivity index (χ3v) is 4.86. The van der Waals surface area contributed by atoms with Crippen LogP contribution in [0.4, 0.5) is 0 Å². The van der Waals surface area contributed by atoms with Crippen LogP contribution in [0.2, 0.25) is 0 Å². The van der Waals surface area contributed by atoms with Crippen LogP contribution >= 0.6 is 0 Å². The van der Waals surface area contributed by atoms with Crippen molar-refractivity contribution in [1.82, 2.24) is 0 Å². The number of benzene rings is 2. The number of carbonyl (C=O) groups is 1. The molecule has 0 saturated heterocycles. The van der Waals surface area contributed by atoms with Crippen molar-refractivity contribution in [2.75, 3.05) is 27.4 Å². The van der Waals surface area contributed by atoms with Crippen LogP contribution < -0.4 is 15.1 Å². The molecule has 7 heteroatoms. The lowest BCUT2D eigenvalue weighted by atomic mass is 10.0. The summed E-state index contributed by atoms with van der Waals surface area (Å²) in [5, 5.41) is 0.798. The van der Waals surface area contributed by atoms with Crippen LogP contribution in [-0.2, 0) is 27.3 Å². The molecule has 0 amide bonds. The third kappa shape index (κ3) is 5.86. The Bertz CT molecular complexity index is 1100. The van der Waals surface area contributed by atoms with E-state index < -0.39 is 5.63 Å². The fourth-order valence-electron chi connectivity index (χ4n) is 3.25. The molecule has 7 nitrogen and oxygen atoms in total. The van der Waals surface area contributed by atoms with Crippen molar-refractivity contribution in [1.29, 1.82) is 0 Å². The van der Waals surface area contributed by atoms with E-state index in [2.05, 4.69) is 0 Å². The minimum absolute atomic E-state index is 0.191. The van der Waals surface area contributed by atoms with Crippen molar-refractivity contribution in [2.24, 2.45) is 0 Å². The molecule has 0 aliphatic rings. The summed E-state index contributed by atoms with van der Waals surface area (Å²) in [6.45, 7) is 2.68. The van der Waals surface area contributed by atoms with E-state index in [4.69, 9.17) is 23.4 Å². The summed E-state index contributed by atoms with van der Waals surface area (Å²) < 4.78 is 26.9. The minimum Gasteiger partial charge on any atom is -0.496 e. The quantitative estimate of drug-likeness (QED) is 0.277. The molecule has 0 atom stereocenters. The first-order valence-corrected chi connectivity index (χ1v) is 9.98. The molecular formula is C24H26O7. The molecule has 2 aromatic carbocycles. The molecule has 31 heavy (non-hydrogen) atoms. The van der Waals surface area contributed by atoms with Crippen molar-refractivity contribution in [2.45, 2.75) is 26.4 Å². The van der Waals surface area contributed by atoms with Crippen LogP contribution in [0.15, 0.2) is 51.7 Å². The lowest BCUT2D eigenvalue weighted by Crippen LogP contribution is -2.11. The van der Waals surface area contributed by atoms with Gasteiger partial charge >= 0.3 is 11.6 Å². The zero-order valence-corrected chi connectivity index (χ0v) is 17.9. The summed E-state index contributed by atoms with van der Waals surface area (Å²) in [7, 11) is 3.15. The Labute approximate surface area is 180 Å². The Morgan fingerprint density at radius 2 is 1.81 bits per heavy atom. The van der Waals surface area contributed by atoms with Crippen LogP contribution in [0.3, 0.4) is 0 Å². The first-order valence-electron chi connectivity index (χ1n) is 9.98. The molecule has 0 spiro atoms. The Morgan fingerprint density at radius 1 is 1.00 bits per heavy atom. The van der Waals surface area contributed by atoms with Gasteiger partial charge in [0.15, 0.2) is 0 Å². The van der Waals surface area contributed by atoms with Crippen molar-refractivity contribution in [3.05, 3.63) is 69.6 Å². The van der Waals surface area contributed by atoms with Gasteiger partial charge in [0.1, 0.15) is 30.3 Å². The second-order valence-corrected chi connectivity index (χ2v) is 7.02. The van der Waals surface area contributed by atoms with Gasteiger partial charge in [0.05, 0.1) is 13.7 Å². The van der Waals surface area contributed by atoms with Crippen LogP contribution in [0, 0.1) is 6.92 Å². The molecular weight excluding hydrogens is 400 g/mol. The zero-order chi connectivity index (χ0) is 22.2. The fraction of sp³-hybridized carbons (Fsp3) is 0.333. The van der Waals surface area contributed by atoms with E-state index in [1.165, 1.54) is 6.07 Å². The molecule has 0 N–H and O–H groups in total. The Balaban J connectivity index is 1.86. The highest BCUT2D eigenvalue weighted by atomic mass is 16.6. The molecule has 164 valence electrons. The number of ether oxygens (including phenoxy) is 4. The van der Waals surface area contributed by atoms with Crippen molar-refractivity contribution in [3.8, 4) is 11.5 Å². The van der Waals surface area contributed by atoms with Gasteiger partial charge in [-0.15, -0.1) is 0 Å². The minimum atomic E-state index is -0.421. The monoisotopic (exact) mass is 426 g/mol. The first kappa shape index (κ1) is 22.4. The highest BCUT2D eigenvalue weighted by molar-refractivity contribution is 5.83. The number of aryl methyl sites for hydroxylation is 2. The van der Waals surface area contributed by atoms with Gasteiger partial charge in [-0.1, -0.05) is 18.2 Å². The van der Waals surface area contributed by atoms with Gasteiger partial charge in [0, 0.05) is 36.6 Å². The van der Waals surface area contributed by atoms with Crippen LogP contribution in [0.5, 0.6) is 11.5 Å². The van der Waals surface area contributed by atoms with E-state index in [0.717, 1.165) is 22.1 Å². The first-order chi connectivity index (χ1) is 15.0. The lowest BCUT2D eigenvalue weighted by Gasteiger charge is -2.15. The average Bonchev–Trinajstić information content (AvgIpc) is 2.76. The second kappa shape index (κ2) is 10.6. The van der Waals surface area contributed by atoms with Crippen molar-refractivity contribution < 1.29 is 28.2 Å².